The van der Waals surface area contributed by atoms with Gasteiger partial charge in [0.2, 0.25) is 5.95 Å². The predicted octanol–water partition coefficient (Wildman–Crippen LogP) is 2.83. The summed E-state index contributed by atoms with van der Waals surface area (Å²) in [7, 11) is 1.64. The third-order valence-corrected chi connectivity index (χ3v) is 2.89. The maximum Gasteiger partial charge on any atom is 0.244 e. The van der Waals surface area contributed by atoms with Gasteiger partial charge < -0.3 is 15.4 Å². The number of ether oxygens (including phenoxy) is 1. The van der Waals surface area contributed by atoms with E-state index in [2.05, 4.69) is 39.7 Å². The van der Waals surface area contributed by atoms with Crippen LogP contribution in [0.5, 0.6) is 5.75 Å². The van der Waals surface area contributed by atoms with Crippen LogP contribution in [0.15, 0.2) is 30.5 Å². The lowest BCUT2D eigenvalue weighted by molar-refractivity contribution is 0.415. The molecule has 0 amide bonds. The summed E-state index contributed by atoms with van der Waals surface area (Å²) in [4.78, 5) is 4.37. The zero-order valence-electron chi connectivity index (χ0n) is 11.9. The molecule has 2 N–H and O–H groups in total. The van der Waals surface area contributed by atoms with Crippen molar-refractivity contribution in [3.05, 3.63) is 30.5 Å². The molecule has 0 spiro atoms. The second kappa shape index (κ2) is 6.70. The van der Waals surface area contributed by atoms with Gasteiger partial charge in [0, 0.05) is 17.8 Å². The van der Waals surface area contributed by atoms with Crippen LogP contribution < -0.4 is 15.4 Å². The third kappa shape index (κ3) is 3.81. The SMILES string of the molecule is CCC(C)Nc1nncc(Nc2cccc(OC)c2)n1. The van der Waals surface area contributed by atoms with Crippen molar-refractivity contribution in [2.24, 2.45) is 0 Å². The number of anilines is 3. The Hall–Kier alpha value is -2.37. The summed E-state index contributed by atoms with van der Waals surface area (Å²) in [5, 5.41) is 14.3. The lowest BCUT2D eigenvalue weighted by Crippen LogP contribution is -2.16. The Bertz CT molecular complexity index is 561. The first-order valence-corrected chi connectivity index (χ1v) is 6.58. The number of benzene rings is 1. The van der Waals surface area contributed by atoms with Crippen LogP contribution in [0.1, 0.15) is 20.3 Å². The van der Waals surface area contributed by atoms with E-state index in [1.807, 2.05) is 24.3 Å². The van der Waals surface area contributed by atoms with Crippen LogP contribution in [-0.2, 0) is 0 Å². The molecule has 2 rings (SSSR count). The van der Waals surface area contributed by atoms with Crippen LogP contribution in [0.2, 0.25) is 0 Å². The van der Waals surface area contributed by atoms with Crippen molar-refractivity contribution in [2.45, 2.75) is 26.3 Å². The van der Waals surface area contributed by atoms with Crippen LogP contribution >= 0.6 is 0 Å². The van der Waals surface area contributed by atoms with E-state index in [0.717, 1.165) is 17.9 Å². The van der Waals surface area contributed by atoms with Gasteiger partial charge in [-0.15, -0.1) is 5.10 Å². The molecule has 2 aromatic rings. The highest BCUT2D eigenvalue weighted by molar-refractivity contribution is 5.58. The molecule has 20 heavy (non-hydrogen) atoms. The van der Waals surface area contributed by atoms with E-state index >= 15 is 0 Å². The Morgan fingerprint density at radius 2 is 2.20 bits per heavy atom. The topological polar surface area (TPSA) is 72.0 Å². The van der Waals surface area contributed by atoms with E-state index in [-0.39, 0.29) is 0 Å². The minimum Gasteiger partial charge on any atom is -0.497 e. The highest BCUT2D eigenvalue weighted by Gasteiger charge is 2.04. The normalized spacial score (nSPS) is 11.8. The van der Waals surface area contributed by atoms with Crippen LogP contribution in [-0.4, -0.2) is 28.3 Å². The Labute approximate surface area is 118 Å². The fraction of sp³-hybridized carbons (Fsp3) is 0.357. The smallest absolute Gasteiger partial charge is 0.244 e. The maximum atomic E-state index is 5.18. The molecule has 1 aromatic carbocycles. The number of methoxy groups -OCH3 is 1. The van der Waals surface area contributed by atoms with Gasteiger partial charge in [-0.2, -0.15) is 10.1 Å². The molecule has 1 atom stereocenters. The van der Waals surface area contributed by atoms with Gasteiger partial charge in [0.15, 0.2) is 5.82 Å². The predicted molar refractivity (Wildman–Crippen MR) is 79.5 cm³/mol. The summed E-state index contributed by atoms with van der Waals surface area (Å²) in [5.74, 6) is 1.95. The van der Waals surface area contributed by atoms with Gasteiger partial charge in [-0.3, -0.25) is 0 Å². The van der Waals surface area contributed by atoms with Crippen LogP contribution in [0.3, 0.4) is 0 Å². The van der Waals surface area contributed by atoms with Gasteiger partial charge in [-0.05, 0) is 25.5 Å². The molecule has 6 heteroatoms. The third-order valence-electron chi connectivity index (χ3n) is 2.89. The molecule has 0 saturated carbocycles. The number of aromatic nitrogens is 3. The van der Waals surface area contributed by atoms with Gasteiger partial charge in [0.25, 0.3) is 0 Å². The Kier molecular flexibility index (Phi) is 4.70. The fourth-order valence-electron chi connectivity index (χ4n) is 1.60. The van der Waals surface area contributed by atoms with E-state index in [0.29, 0.717) is 17.8 Å². The number of rotatable bonds is 6. The summed E-state index contributed by atoms with van der Waals surface area (Å²) in [6.07, 6.45) is 2.58. The number of nitrogens with one attached hydrogen (secondary N) is 2. The standard InChI is InChI=1S/C14H19N5O/c1-4-10(2)16-14-18-13(9-15-19-14)17-11-6-5-7-12(8-11)20-3/h5-10H,4H2,1-3H3,(H2,16,17,18,19). The molecule has 106 valence electrons. The zero-order chi connectivity index (χ0) is 14.4. The molecule has 0 fully saturated rings. The van der Waals surface area contributed by atoms with E-state index in [1.54, 1.807) is 13.3 Å². The molecule has 0 aliphatic heterocycles. The van der Waals surface area contributed by atoms with E-state index in [4.69, 9.17) is 4.74 Å². The number of hydrogen-bond acceptors (Lipinski definition) is 6. The van der Waals surface area contributed by atoms with Crippen molar-refractivity contribution in [3.63, 3.8) is 0 Å². The minimum absolute atomic E-state index is 0.309. The van der Waals surface area contributed by atoms with Crippen molar-refractivity contribution < 1.29 is 4.74 Å². The maximum absolute atomic E-state index is 5.18. The first-order chi connectivity index (χ1) is 9.71. The molecular formula is C14H19N5O. The van der Waals surface area contributed by atoms with Crippen LogP contribution in [0.4, 0.5) is 17.5 Å². The molecule has 0 aliphatic carbocycles. The zero-order valence-corrected chi connectivity index (χ0v) is 11.9. The average Bonchev–Trinajstić information content (AvgIpc) is 2.47. The van der Waals surface area contributed by atoms with Gasteiger partial charge >= 0.3 is 0 Å². The Balaban J connectivity index is 2.10. The minimum atomic E-state index is 0.309. The molecule has 0 saturated heterocycles. The molecule has 1 aromatic heterocycles. The van der Waals surface area contributed by atoms with E-state index in [9.17, 15) is 0 Å². The van der Waals surface area contributed by atoms with Gasteiger partial charge in [0.1, 0.15) is 5.75 Å². The van der Waals surface area contributed by atoms with Crippen molar-refractivity contribution >= 4 is 17.5 Å². The second-order valence-electron chi connectivity index (χ2n) is 4.48. The summed E-state index contributed by atoms with van der Waals surface area (Å²) >= 11 is 0. The Morgan fingerprint density at radius 3 is 2.95 bits per heavy atom. The van der Waals surface area contributed by atoms with Crippen LogP contribution in [0, 0.1) is 0 Å². The number of nitrogens with zero attached hydrogens (tertiary/aromatic N) is 3. The highest BCUT2D eigenvalue weighted by atomic mass is 16.5. The summed E-state index contributed by atoms with van der Waals surface area (Å²) in [6, 6.07) is 7.94. The van der Waals surface area contributed by atoms with Gasteiger partial charge in [0.05, 0.1) is 13.3 Å². The van der Waals surface area contributed by atoms with E-state index < -0.39 is 0 Å². The fourth-order valence-corrected chi connectivity index (χ4v) is 1.60. The molecule has 0 radical (unpaired) electrons. The highest BCUT2D eigenvalue weighted by Crippen LogP contribution is 2.20. The summed E-state index contributed by atoms with van der Waals surface area (Å²) < 4.78 is 5.18. The molecule has 6 nitrogen and oxygen atoms in total. The first-order valence-electron chi connectivity index (χ1n) is 6.58. The Morgan fingerprint density at radius 1 is 1.35 bits per heavy atom. The average molecular weight is 273 g/mol. The van der Waals surface area contributed by atoms with Crippen molar-refractivity contribution in [1.82, 2.24) is 15.2 Å². The summed E-state index contributed by atoms with van der Waals surface area (Å²) in [5.41, 5.74) is 0.888. The second-order valence-corrected chi connectivity index (χ2v) is 4.48. The first kappa shape index (κ1) is 14.0. The molecule has 1 unspecified atom stereocenters. The quantitative estimate of drug-likeness (QED) is 0.843. The van der Waals surface area contributed by atoms with Gasteiger partial charge in [-0.25, -0.2) is 0 Å². The van der Waals surface area contributed by atoms with Crippen molar-refractivity contribution in [1.29, 1.82) is 0 Å². The molecule has 0 aliphatic rings. The monoisotopic (exact) mass is 273 g/mol. The van der Waals surface area contributed by atoms with Crippen LogP contribution in [0.25, 0.3) is 0 Å². The largest absolute Gasteiger partial charge is 0.497 e. The molecule has 1 heterocycles. The number of hydrogen-bond donors (Lipinski definition) is 2. The van der Waals surface area contributed by atoms with Crippen molar-refractivity contribution in [2.75, 3.05) is 17.7 Å². The lowest BCUT2D eigenvalue weighted by Gasteiger charge is -2.11. The van der Waals surface area contributed by atoms with E-state index in [1.165, 1.54) is 0 Å². The lowest BCUT2D eigenvalue weighted by atomic mass is 10.3. The van der Waals surface area contributed by atoms with Crippen molar-refractivity contribution in [3.8, 4) is 5.75 Å². The molecule has 0 bridgehead atoms. The molecular weight excluding hydrogens is 254 g/mol. The summed E-state index contributed by atoms with van der Waals surface area (Å²) in [6.45, 7) is 4.18. The van der Waals surface area contributed by atoms with Gasteiger partial charge in [-0.1, -0.05) is 13.0 Å².